The SMILES string of the molecule is CCCCC[CH]([Nd])CCCC(=O)O. The van der Waals surface area contributed by atoms with E-state index in [1.807, 2.05) is 0 Å². The third-order valence-corrected chi connectivity index (χ3v) is 3.95. The van der Waals surface area contributed by atoms with Crippen molar-refractivity contribution in [3.8, 4) is 0 Å². The Morgan fingerprint density at radius 1 is 1.31 bits per heavy atom. The first kappa shape index (κ1) is 13.8. The van der Waals surface area contributed by atoms with E-state index in [-0.39, 0.29) is 0 Å². The Labute approximate surface area is 107 Å². The molecule has 0 saturated carbocycles. The van der Waals surface area contributed by atoms with Gasteiger partial charge in [0.05, 0.1) is 0 Å². The third kappa shape index (κ3) is 10.7. The van der Waals surface area contributed by atoms with Crippen LogP contribution >= 0.6 is 0 Å². The summed E-state index contributed by atoms with van der Waals surface area (Å²) in [4.78, 5) is 10.3. The molecule has 1 atom stereocenters. The van der Waals surface area contributed by atoms with Gasteiger partial charge in [0.1, 0.15) is 0 Å². The van der Waals surface area contributed by atoms with Crippen LogP contribution in [-0.4, -0.2) is 11.1 Å². The van der Waals surface area contributed by atoms with Gasteiger partial charge in [0.15, 0.2) is 0 Å². The van der Waals surface area contributed by atoms with Gasteiger partial charge in [-0.25, -0.2) is 0 Å². The summed E-state index contributed by atoms with van der Waals surface area (Å²) >= 11 is 1.22. The van der Waals surface area contributed by atoms with E-state index in [2.05, 4.69) is 6.92 Å². The minimum atomic E-state index is -0.651. The van der Waals surface area contributed by atoms with Gasteiger partial charge >= 0.3 is 108 Å². The van der Waals surface area contributed by atoms with E-state index in [0.29, 0.717) is 6.42 Å². The molecule has 2 nitrogen and oxygen atoms in total. The van der Waals surface area contributed by atoms with Gasteiger partial charge in [0.25, 0.3) is 0 Å². The number of hydrogen-bond acceptors (Lipinski definition) is 1. The van der Waals surface area contributed by atoms with Crippen LogP contribution < -0.4 is 0 Å². The van der Waals surface area contributed by atoms with Gasteiger partial charge in [-0.1, -0.05) is 0 Å². The molecule has 0 amide bonds. The number of unbranched alkanes of at least 4 members (excludes halogenated alkanes) is 2. The van der Waals surface area contributed by atoms with Crippen molar-refractivity contribution in [3.05, 3.63) is 0 Å². The van der Waals surface area contributed by atoms with Crippen LogP contribution in [-0.2, 0) is 4.79 Å². The average molecular weight is 316 g/mol. The summed E-state index contributed by atoms with van der Waals surface area (Å²) in [5.41, 5.74) is 0. The fourth-order valence-corrected chi connectivity index (χ4v) is 2.59. The second kappa shape index (κ2) is 9.38. The van der Waals surface area contributed by atoms with Crippen LogP contribution in [0.1, 0.15) is 51.9 Å². The zero-order chi connectivity index (χ0) is 10.1. The molecule has 0 aromatic heterocycles. The van der Waals surface area contributed by atoms with E-state index >= 15 is 0 Å². The summed E-state index contributed by atoms with van der Waals surface area (Å²) in [6.07, 6.45) is 7.61. The molecule has 1 unspecified atom stereocenters. The van der Waals surface area contributed by atoms with Crippen molar-refractivity contribution < 1.29 is 48.7 Å². The standard InChI is InChI=1S/C10H19O2.Nd/c1-2-3-4-5-6-7-8-9-10(11)12;/h6H,2-5,7-9H2,1H3,(H,11,12);. The molecule has 75 valence electrons. The van der Waals surface area contributed by atoms with Crippen molar-refractivity contribution >= 4 is 5.97 Å². The Balaban J connectivity index is 3.19. The maximum atomic E-state index is 10.3. The topological polar surface area (TPSA) is 37.3 Å². The van der Waals surface area contributed by atoms with Gasteiger partial charge in [-0.3, -0.25) is 0 Å². The molecule has 0 aliphatic carbocycles. The van der Waals surface area contributed by atoms with Gasteiger partial charge in [-0.2, -0.15) is 0 Å². The van der Waals surface area contributed by atoms with Gasteiger partial charge in [0, 0.05) is 0 Å². The van der Waals surface area contributed by atoms with Crippen LogP contribution in [0, 0.1) is 38.8 Å². The quantitative estimate of drug-likeness (QED) is 0.699. The molecule has 1 N–H and O–H groups in total. The molecule has 0 aliphatic heterocycles. The molecule has 0 saturated heterocycles. The van der Waals surface area contributed by atoms with Crippen molar-refractivity contribution in [3.63, 3.8) is 0 Å². The van der Waals surface area contributed by atoms with Crippen LogP contribution in [0.2, 0.25) is 1.57 Å². The fourth-order valence-electron chi connectivity index (χ4n) is 1.28. The zero-order valence-corrected chi connectivity index (χ0v) is 11.6. The zero-order valence-electron chi connectivity index (χ0n) is 8.38. The molecule has 0 spiro atoms. The Hall–Kier alpha value is 0.821. The minimum absolute atomic E-state index is 0.354. The average Bonchev–Trinajstić information content (AvgIpc) is 2.04. The summed E-state index contributed by atoms with van der Waals surface area (Å²) in [5.74, 6) is -0.651. The van der Waals surface area contributed by atoms with E-state index in [0.717, 1.165) is 14.4 Å². The molecule has 0 heterocycles. The fraction of sp³-hybridized carbons (Fsp3) is 0.900. The molecule has 0 aromatic rings. The van der Waals surface area contributed by atoms with Crippen molar-refractivity contribution in [2.24, 2.45) is 0 Å². The van der Waals surface area contributed by atoms with Crippen molar-refractivity contribution in [2.75, 3.05) is 0 Å². The monoisotopic (exact) mass is 313 g/mol. The van der Waals surface area contributed by atoms with E-state index in [9.17, 15) is 4.79 Å². The van der Waals surface area contributed by atoms with Crippen molar-refractivity contribution in [2.45, 2.75) is 53.4 Å². The van der Waals surface area contributed by atoms with Crippen LogP contribution in [0.4, 0.5) is 0 Å². The molecule has 3 heteroatoms. The van der Waals surface area contributed by atoms with E-state index < -0.39 is 5.97 Å². The number of carboxylic acid groups (broad SMARTS) is 1. The summed E-state index contributed by atoms with van der Waals surface area (Å²) in [6, 6.07) is 0. The predicted octanol–water partition coefficient (Wildman–Crippen LogP) is 3.16. The second-order valence-electron chi connectivity index (χ2n) is 3.48. The van der Waals surface area contributed by atoms with E-state index in [1.165, 1.54) is 64.5 Å². The molecule has 0 aromatic carbocycles. The normalized spacial score (nSPS) is 12.6. The number of rotatable bonds is 8. The first-order valence-electron chi connectivity index (χ1n) is 5.09. The third-order valence-electron chi connectivity index (χ3n) is 2.10. The summed E-state index contributed by atoms with van der Waals surface area (Å²) in [5, 5.41) is 8.45. The van der Waals surface area contributed by atoms with E-state index in [1.54, 1.807) is 0 Å². The molecule has 0 bridgehead atoms. The molecule has 0 rings (SSSR count). The van der Waals surface area contributed by atoms with Crippen LogP contribution in [0.25, 0.3) is 0 Å². The molecular weight excluding hydrogens is 296 g/mol. The molecule has 13 heavy (non-hydrogen) atoms. The van der Waals surface area contributed by atoms with Crippen molar-refractivity contribution in [1.29, 1.82) is 0 Å². The number of carboxylic acids is 1. The number of carbonyl (C=O) groups is 1. The Bertz CT molecular complexity index is 137. The summed E-state index contributed by atoms with van der Waals surface area (Å²) in [6.45, 7) is 2.21. The van der Waals surface area contributed by atoms with Gasteiger partial charge in [-0.05, 0) is 0 Å². The maximum absolute atomic E-state index is 10.3. The van der Waals surface area contributed by atoms with Gasteiger partial charge in [-0.15, -0.1) is 0 Å². The van der Waals surface area contributed by atoms with Crippen molar-refractivity contribution in [1.82, 2.24) is 0 Å². The Kier molecular flexibility index (Phi) is 9.97. The van der Waals surface area contributed by atoms with Gasteiger partial charge in [0.2, 0.25) is 0 Å². The Morgan fingerprint density at radius 3 is 2.46 bits per heavy atom. The molecule has 0 fully saturated rings. The van der Waals surface area contributed by atoms with Crippen LogP contribution in [0.3, 0.4) is 0 Å². The summed E-state index contributed by atoms with van der Waals surface area (Å²) in [7, 11) is 0. The van der Waals surface area contributed by atoms with E-state index in [4.69, 9.17) is 5.11 Å². The molecular formula is C10H19NdO2. The first-order chi connectivity index (χ1) is 6.16. The molecule has 0 aliphatic rings. The van der Waals surface area contributed by atoms with Gasteiger partial charge < -0.3 is 0 Å². The predicted molar refractivity (Wildman–Crippen MR) is 49.4 cm³/mol. The van der Waals surface area contributed by atoms with Crippen LogP contribution in [0.15, 0.2) is 0 Å². The first-order valence-corrected chi connectivity index (χ1v) is 6.95. The number of aliphatic carboxylic acids is 1. The molecule has 0 radical (unpaired) electrons. The summed E-state index contributed by atoms with van der Waals surface area (Å²) < 4.78 is 0.839. The Morgan fingerprint density at radius 2 is 1.92 bits per heavy atom. The van der Waals surface area contributed by atoms with Crippen LogP contribution in [0.5, 0.6) is 0 Å². The number of hydrogen-bond donors (Lipinski definition) is 1. The second-order valence-corrected chi connectivity index (χ2v) is 6.10.